The molecule has 0 spiro atoms. The highest BCUT2D eigenvalue weighted by atomic mass is 16.3. The molecule has 2 N–H and O–H groups in total. The molecule has 0 aliphatic rings. The average molecular weight is 248 g/mol. The largest absolute Gasteiger partial charge is 0.381 e. The van der Waals surface area contributed by atoms with Crippen LogP contribution in [0.1, 0.15) is 39.2 Å². The van der Waals surface area contributed by atoms with E-state index >= 15 is 0 Å². The fraction of sp³-hybridized carbons (Fsp3) is 0.429. The number of aliphatic hydroxyl groups is 1. The van der Waals surface area contributed by atoms with Crippen LogP contribution in [-0.2, 0) is 4.79 Å². The third-order valence-electron chi connectivity index (χ3n) is 2.44. The smallest absolute Gasteiger partial charge is 0.271 e. The molecule has 4 nitrogen and oxygen atoms in total. The van der Waals surface area contributed by atoms with Crippen molar-refractivity contribution in [3.05, 3.63) is 35.9 Å². The monoisotopic (exact) mass is 248 g/mol. The summed E-state index contributed by atoms with van der Waals surface area (Å²) in [6, 6.07) is 9.69. The second-order valence-corrected chi connectivity index (χ2v) is 4.67. The molecule has 0 unspecified atom stereocenters. The summed E-state index contributed by atoms with van der Waals surface area (Å²) in [5, 5.41) is 13.6. The van der Waals surface area contributed by atoms with Crippen molar-refractivity contribution in [2.45, 2.75) is 39.2 Å². The number of benzene rings is 1. The highest BCUT2D eigenvalue weighted by Crippen LogP contribution is 2.07. The standard InChI is InChI=1S/C14H20N2O2/c1-4-8-12(11-9-6-5-7-10-11)15-16-13(17)14(2,3)18/h5-7,9-10,18H,4,8H2,1-3H3,(H,16,17). The molecule has 1 aromatic rings. The van der Waals surface area contributed by atoms with Gasteiger partial charge in [0, 0.05) is 0 Å². The molecule has 98 valence electrons. The lowest BCUT2D eigenvalue weighted by atomic mass is 10.1. The first kappa shape index (κ1) is 14.4. The Bertz CT molecular complexity index is 419. The number of hydrogen-bond donors (Lipinski definition) is 2. The molecule has 0 bridgehead atoms. The van der Waals surface area contributed by atoms with Crippen molar-refractivity contribution in [3.8, 4) is 0 Å². The number of nitrogens with one attached hydrogen (secondary N) is 1. The lowest BCUT2D eigenvalue weighted by molar-refractivity contribution is -0.136. The van der Waals surface area contributed by atoms with Gasteiger partial charge in [-0.2, -0.15) is 5.10 Å². The van der Waals surface area contributed by atoms with Gasteiger partial charge in [-0.1, -0.05) is 43.7 Å². The van der Waals surface area contributed by atoms with E-state index in [1.165, 1.54) is 13.8 Å². The lowest BCUT2D eigenvalue weighted by Gasteiger charge is -2.15. The Labute approximate surface area is 108 Å². The van der Waals surface area contributed by atoms with Crippen LogP contribution >= 0.6 is 0 Å². The molecule has 4 heteroatoms. The Hall–Kier alpha value is -1.68. The second-order valence-electron chi connectivity index (χ2n) is 4.67. The Kier molecular flexibility index (Phi) is 5.04. The zero-order chi connectivity index (χ0) is 13.6. The van der Waals surface area contributed by atoms with Gasteiger partial charge < -0.3 is 5.11 Å². The first-order chi connectivity index (χ1) is 8.45. The maximum Gasteiger partial charge on any atom is 0.271 e. The molecule has 0 aliphatic carbocycles. The van der Waals surface area contributed by atoms with Gasteiger partial charge in [-0.15, -0.1) is 0 Å². The third-order valence-corrected chi connectivity index (χ3v) is 2.44. The Morgan fingerprint density at radius 3 is 2.44 bits per heavy atom. The van der Waals surface area contributed by atoms with E-state index in [0.29, 0.717) is 0 Å². The van der Waals surface area contributed by atoms with Crippen LogP contribution in [0.3, 0.4) is 0 Å². The van der Waals surface area contributed by atoms with Crippen molar-refractivity contribution in [2.75, 3.05) is 0 Å². The highest BCUT2D eigenvalue weighted by Gasteiger charge is 2.23. The molecule has 1 aromatic carbocycles. The van der Waals surface area contributed by atoms with Crippen molar-refractivity contribution in [2.24, 2.45) is 5.10 Å². The number of hydrogen-bond acceptors (Lipinski definition) is 3. The minimum atomic E-state index is -1.42. The number of hydrazone groups is 1. The van der Waals surface area contributed by atoms with E-state index in [4.69, 9.17) is 0 Å². The maximum absolute atomic E-state index is 11.5. The van der Waals surface area contributed by atoms with Crippen molar-refractivity contribution >= 4 is 11.6 Å². The van der Waals surface area contributed by atoms with Gasteiger partial charge in [0.15, 0.2) is 0 Å². The molecule has 0 radical (unpaired) electrons. The molecule has 0 fully saturated rings. The van der Waals surface area contributed by atoms with E-state index in [9.17, 15) is 9.90 Å². The van der Waals surface area contributed by atoms with E-state index in [-0.39, 0.29) is 0 Å². The predicted octanol–water partition coefficient (Wildman–Crippen LogP) is 2.08. The molecule has 0 saturated heterocycles. The molecule has 1 rings (SSSR count). The van der Waals surface area contributed by atoms with E-state index in [0.717, 1.165) is 24.1 Å². The van der Waals surface area contributed by atoms with E-state index < -0.39 is 11.5 Å². The van der Waals surface area contributed by atoms with E-state index in [2.05, 4.69) is 17.5 Å². The van der Waals surface area contributed by atoms with Gasteiger partial charge in [-0.3, -0.25) is 4.79 Å². The number of amides is 1. The van der Waals surface area contributed by atoms with Gasteiger partial charge in [0.05, 0.1) is 5.71 Å². The molecule has 0 heterocycles. The van der Waals surface area contributed by atoms with Gasteiger partial charge in [0.2, 0.25) is 0 Å². The van der Waals surface area contributed by atoms with Crippen LogP contribution in [0.5, 0.6) is 0 Å². The van der Waals surface area contributed by atoms with Gasteiger partial charge in [-0.25, -0.2) is 5.43 Å². The van der Waals surface area contributed by atoms with Crippen LogP contribution in [-0.4, -0.2) is 22.3 Å². The van der Waals surface area contributed by atoms with Crippen LogP contribution in [0, 0.1) is 0 Å². The number of carbonyl (C=O) groups excluding carboxylic acids is 1. The molecular weight excluding hydrogens is 228 g/mol. The summed E-state index contributed by atoms with van der Waals surface area (Å²) < 4.78 is 0. The summed E-state index contributed by atoms with van der Waals surface area (Å²) in [7, 11) is 0. The van der Waals surface area contributed by atoms with Crippen LogP contribution in [0.4, 0.5) is 0 Å². The summed E-state index contributed by atoms with van der Waals surface area (Å²) in [4.78, 5) is 11.5. The highest BCUT2D eigenvalue weighted by molar-refractivity contribution is 6.01. The number of rotatable bonds is 5. The molecule has 0 aliphatic heterocycles. The fourth-order valence-corrected chi connectivity index (χ4v) is 1.39. The minimum Gasteiger partial charge on any atom is -0.381 e. The summed E-state index contributed by atoms with van der Waals surface area (Å²) >= 11 is 0. The molecule has 0 atom stereocenters. The zero-order valence-electron chi connectivity index (χ0n) is 11.1. The fourth-order valence-electron chi connectivity index (χ4n) is 1.39. The van der Waals surface area contributed by atoms with E-state index in [1.54, 1.807) is 0 Å². The Morgan fingerprint density at radius 1 is 1.33 bits per heavy atom. The molecule has 0 saturated carbocycles. The molecular formula is C14H20N2O2. The molecule has 0 aromatic heterocycles. The van der Waals surface area contributed by atoms with Crippen LogP contribution < -0.4 is 5.43 Å². The first-order valence-electron chi connectivity index (χ1n) is 6.10. The van der Waals surface area contributed by atoms with Gasteiger partial charge in [0.25, 0.3) is 5.91 Å². The molecule has 18 heavy (non-hydrogen) atoms. The van der Waals surface area contributed by atoms with Crippen molar-refractivity contribution in [1.82, 2.24) is 5.43 Å². The predicted molar refractivity (Wildman–Crippen MR) is 72.3 cm³/mol. The quantitative estimate of drug-likeness (QED) is 0.619. The summed E-state index contributed by atoms with van der Waals surface area (Å²) in [5.41, 5.74) is 2.78. The maximum atomic E-state index is 11.5. The average Bonchev–Trinajstić information content (AvgIpc) is 2.34. The van der Waals surface area contributed by atoms with Crippen LogP contribution in [0.25, 0.3) is 0 Å². The summed E-state index contributed by atoms with van der Waals surface area (Å²) in [6.07, 6.45) is 1.71. The SMILES string of the molecule is CCCC(=NNC(=O)C(C)(C)O)c1ccccc1. The first-order valence-corrected chi connectivity index (χ1v) is 6.10. The Balaban J connectivity index is 2.83. The van der Waals surface area contributed by atoms with E-state index in [1.807, 2.05) is 30.3 Å². The van der Waals surface area contributed by atoms with Crippen molar-refractivity contribution in [3.63, 3.8) is 0 Å². The number of carbonyl (C=O) groups is 1. The summed E-state index contributed by atoms with van der Waals surface area (Å²) in [6.45, 7) is 4.91. The topological polar surface area (TPSA) is 61.7 Å². The van der Waals surface area contributed by atoms with Crippen molar-refractivity contribution < 1.29 is 9.90 Å². The second kappa shape index (κ2) is 6.31. The van der Waals surface area contributed by atoms with Crippen molar-refractivity contribution in [1.29, 1.82) is 0 Å². The van der Waals surface area contributed by atoms with Gasteiger partial charge >= 0.3 is 0 Å². The zero-order valence-corrected chi connectivity index (χ0v) is 11.1. The van der Waals surface area contributed by atoms with Gasteiger partial charge in [-0.05, 0) is 25.8 Å². The number of nitrogens with zero attached hydrogens (tertiary/aromatic N) is 1. The Morgan fingerprint density at radius 2 is 1.94 bits per heavy atom. The minimum absolute atomic E-state index is 0.507. The summed E-state index contributed by atoms with van der Waals surface area (Å²) in [5.74, 6) is -0.507. The van der Waals surface area contributed by atoms with Crippen LogP contribution in [0.2, 0.25) is 0 Å². The lowest BCUT2D eigenvalue weighted by Crippen LogP contribution is -2.40. The third kappa shape index (κ3) is 4.30. The normalized spacial score (nSPS) is 12.3. The van der Waals surface area contributed by atoms with Crippen LogP contribution in [0.15, 0.2) is 35.4 Å². The molecule has 1 amide bonds. The van der Waals surface area contributed by atoms with Gasteiger partial charge in [0.1, 0.15) is 5.60 Å².